The highest BCUT2D eigenvalue weighted by atomic mass is 35.5. The molecule has 2 aromatic rings. The number of amides is 1. The van der Waals surface area contributed by atoms with Gasteiger partial charge in [-0.1, -0.05) is 54.8 Å². The van der Waals surface area contributed by atoms with E-state index in [4.69, 9.17) is 16.3 Å². The molecule has 0 heterocycles. The summed E-state index contributed by atoms with van der Waals surface area (Å²) in [6.07, 6.45) is 5.67. The molecule has 30 heavy (non-hydrogen) atoms. The van der Waals surface area contributed by atoms with Crippen LogP contribution in [0.3, 0.4) is 0 Å². The molecule has 0 atom stereocenters. The summed E-state index contributed by atoms with van der Waals surface area (Å²) in [6.45, 7) is 0.652. The minimum Gasteiger partial charge on any atom is -0.378 e. The molecule has 1 amide bonds. The van der Waals surface area contributed by atoms with E-state index < -0.39 is 15.9 Å². The molecule has 8 heteroatoms. The molecular weight excluding hydrogens is 424 g/mol. The van der Waals surface area contributed by atoms with Crippen molar-refractivity contribution >= 4 is 33.2 Å². The number of nitrogens with zero attached hydrogens (tertiary/aromatic N) is 1. The fourth-order valence-electron chi connectivity index (χ4n) is 3.46. The van der Waals surface area contributed by atoms with Crippen LogP contribution in [0.25, 0.3) is 0 Å². The lowest BCUT2D eigenvalue weighted by Gasteiger charge is -2.25. The lowest BCUT2D eigenvalue weighted by molar-refractivity contribution is -0.119. The number of benzene rings is 2. The van der Waals surface area contributed by atoms with Crippen LogP contribution in [-0.4, -0.2) is 40.1 Å². The molecule has 0 radical (unpaired) electrons. The molecule has 1 N–H and O–H groups in total. The average molecular weight is 451 g/mol. The molecule has 0 spiro atoms. The molecule has 2 aromatic carbocycles. The van der Waals surface area contributed by atoms with E-state index in [1.807, 2.05) is 0 Å². The van der Waals surface area contributed by atoms with Crippen molar-refractivity contribution in [3.8, 4) is 0 Å². The predicted molar refractivity (Wildman–Crippen MR) is 118 cm³/mol. The van der Waals surface area contributed by atoms with Gasteiger partial charge in [0, 0.05) is 13.2 Å². The number of sulfonamides is 1. The standard InChI is InChI=1S/C22H27ClN2O4S/c23-20-13-6-7-14-21(20)25(30(27,28)19-11-2-1-3-12-19)17-22(26)24-15-8-16-29-18-9-4-5-10-18/h1-3,6-7,11-14,18H,4-5,8-10,15-17H2,(H,24,26). The van der Waals surface area contributed by atoms with E-state index >= 15 is 0 Å². The number of anilines is 1. The van der Waals surface area contributed by atoms with Gasteiger partial charge in [0.1, 0.15) is 6.54 Å². The lowest BCUT2D eigenvalue weighted by Crippen LogP contribution is -2.41. The predicted octanol–water partition coefficient (Wildman–Crippen LogP) is 4.00. The molecule has 3 rings (SSSR count). The Kier molecular flexibility index (Phi) is 8.13. The van der Waals surface area contributed by atoms with Crippen molar-refractivity contribution in [2.75, 3.05) is 24.0 Å². The van der Waals surface area contributed by atoms with Gasteiger partial charge >= 0.3 is 0 Å². The second-order valence-electron chi connectivity index (χ2n) is 7.26. The van der Waals surface area contributed by atoms with Gasteiger partial charge in [0.05, 0.1) is 21.7 Å². The molecule has 0 unspecified atom stereocenters. The van der Waals surface area contributed by atoms with Crippen molar-refractivity contribution in [3.05, 3.63) is 59.6 Å². The topological polar surface area (TPSA) is 75.7 Å². The van der Waals surface area contributed by atoms with Gasteiger partial charge in [0.2, 0.25) is 5.91 Å². The second-order valence-corrected chi connectivity index (χ2v) is 9.53. The van der Waals surface area contributed by atoms with Crippen LogP contribution in [0, 0.1) is 0 Å². The zero-order valence-electron chi connectivity index (χ0n) is 16.8. The normalized spacial score (nSPS) is 14.6. The maximum atomic E-state index is 13.2. The van der Waals surface area contributed by atoms with Crippen molar-refractivity contribution in [2.45, 2.75) is 43.1 Å². The quantitative estimate of drug-likeness (QED) is 0.555. The number of hydrogen-bond acceptors (Lipinski definition) is 4. The molecule has 1 saturated carbocycles. The van der Waals surface area contributed by atoms with Crippen molar-refractivity contribution in [1.29, 1.82) is 0 Å². The van der Waals surface area contributed by atoms with Crippen LogP contribution >= 0.6 is 11.6 Å². The monoisotopic (exact) mass is 450 g/mol. The molecule has 0 aromatic heterocycles. The number of hydrogen-bond donors (Lipinski definition) is 1. The number of halogens is 1. The molecular formula is C22H27ClN2O4S. The van der Waals surface area contributed by atoms with E-state index in [1.165, 1.54) is 25.0 Å². The van der Waals surface area contributed by atoms with Crippen molar-refractivity contribution in [3.63, 3.8) is 0 Å². The summed E-state index contributed by atoms with van der Waals surface area (Å²) < 4.78 is 33.3. The van der Waals surface area contributed by atoms with E-state index in [0.717, 1.165) is 17.1 Å². The maximum absolute atomic E-state index is 13.2. The van der Waals surface area contributed by atoms with Gasteiger partial charge in [0.15, 0.2) is 0 Å². The molecule has 1 fully saturated rings. The van der Waals surface area contributed by atoms with Crippen molar-refractivity contribution in [1.82, 2.24) is 5.32 Å². The Labute approximate surface area is 183 Å². The molecule has 0 aliphatic heterocycles. The number of para-hydroxylation sites is 1. The molecule has 162 valence electrons. The Morgan fingerprint density at radius 2 is 1.73 bits per heavy atom. The van der Waals surface area contributed by atoms with Crippen LogP contribution in [0.1, 0.15) is 32.1 Å². The first-order valence-corrected chi connectivity index (χ1v) is 12.0. The van der Waals surface area contributed by atoms with Gasteiger partial charge in [-0.05, 0) is 43.5 Å². The van der Waals surface area contributed by atoms with Crippen LogP contribution < -0.4 is 9.62 Å². The summed E-state index contributed by atoms with van der Waals surface area (Å²) in [4.78, 5) is 12.6. The van der Waals surface area contributed by atoms with Crippen LogP contribution in [-0.2, 0) is 19.6 Å². The highest BCUT2D eigenvalue weighted by Crippen LogP contribution is 2.30. The third kappa shape index (κ3) is 5.97. The summed E-state index contributed by atoms with van der Waals surface area (Å²) in [5.74, 6) is -0.393. The fourth-order valence-corrected chi connectivity index (χ4v) is 5.21. The van der Waals surface area contributed by atoms with Gasteiger partial charge in [-0.15, -0.1) is 0 Å². The highest BCUT2D eigenvalue weighted by Gasteiger charge is 2.28. The zero-order chi connectivity index (χ0) is 21.4. The summed E-state index contributed by atoms with van der Waals surface area (Å²) >= 11 is 6.25. The number of carbonyl (C=O) groups is 1. The Balaban J connectivity index is 1.64. The number of nitrogens with one attached hydrogen (secondary N) is 1. The van der Waals surface area contributed by atoms with Gasteiger partial charge in [-0.25, -0.2) is 8.42 Å². The third-order valence-electron chi connectivity index (χ3n) is 5.04. The molecule has 1 aliphatic rings. The molecule has 6 nitrogen and oxygen atoms in total. The minimum absolute atomic E-state index is 0.0997. The van der Waals surface area contributed by atoms with Crippen LogP contribution in [0.4, 0.5) is 5.69 Å². The van der Waals surface area contributed by atoms with E-state index in [1.54, 1.807) is 42.5 Å². The summed E-state index contributed by atoms with van der Waals surface area (Å²) in [7, 11) is -3.95. The highest BCUT2D eigenvalue weighted by molar-refractivity contribution is 7.92. The third-order valence-corrected chi connectivity index (χ3v) is 7.13. The molecule has 0 bridgehead atoms. The largest absolute Gasteiger partial charge is 0.378 e. The smallest absolute Gasteiger partial charge is 0.264 e. The number of ether oxygens (including phenoxy) is 1. The Hall–Kier alpha value is -2.09. The Bertz CT molecular complexity index is 931. The van der Waals surface area contributed by atoms with E-state index in [0.29, 0.717) is 25.7 Å². The minimum atomic E-state index is -3.95. The number of carbonyl (C=O) groups excluding carboxylic acids is 1. The van der Waals surface area contributed by atoms with Gasteiger partial charge in [0.25, 0.3) is 10.0 Å². The zero-order valence-corrected chi connectivity index (χ0v) is 18.4. The summed E-state index contributed by atoms with van der Waals surface area (Å²) in [5.41, 5.74) is 0.266. The maximum Gasteiger partial charge on any atom is 0.264 e. The fraction of sp³-hybridized carbons (Fsp3) is 0.409. The average Bonchev–Trinajstić information content (AvgIpc) is 3.26. The van der Waals surface area contributed by atoms with Crippen LogP contribution in [0.2, 0.25) is 5.02 Å². The van der Waals surface area contributed by atoms with Crippen LogP contribution in [0.5, 0.6) is 0 Å². The number of rotatable bonds is 10. The van der Waals surface area contributed by atoms with E-state index in [9.17, 15) is 13.2 Å². The molecule has 0 saturated heterocycles. The Morgan fingerprint density at radius 3 is 2.43 bits per heavy atom. The first kappa shape index (κ1) is 22.6. The van der Waals surface area contributed by atoms with Gasteiger partial charge < -0.3 is 10.1 Å². The second kappa shape index (κ2) is 10.8. The first-order valence-electron chi connectivity index (χ1n) is 10.2. The first-order chi connectivity index (χ1) is 14.5. The Morgan fingerprint density at radius 1 is 1.07 bits per heavy atom. The SMILES string of the molecule is O=C(CN(c1ccccc1Cl)S(=O)(=O)c1ccccc1)NCCCOC1CCCC1. The summed E-state index contributed by atoms with van der Waals surface area (Å²) in [5, 5.41) is 3.04. The summed E-state index contributed by atoms with van der Waals surface area (Å²) in [6, 6.07) is 14.6. The van der Waals surface area contributed by atoms with Crippen molar-refractivity contribution < 1.29 is 17.9 Å². The van der Waals surface area contributed by atoms with E-state index in [-0.39, 0.29) is 22.2 Å². The van der Waals surface area contributed by atoms with Gasteiger partial charge in [-0.3, -0.25) is 9.10 Å². The molecule has 1 aliphatic carbocycles. The van der Waals surface area contributed by atoms with Crippen molar-refractivity contribution in [2.24, 2.45) is 0 Å². The lowest BCUT2D eigenvalue weighted by atomic mass is 10.3. The van der Waals surface area contributed by atoms with Crippen LogP contribution in [0.15, 0.2) is 59.5 Å². The van der Waals surface area contributed by atoms with Gasteiger partial charge in [-0.2, -0.15) is 0 Å². The van der Waals surface area contributed by atoms with E-state index in [2.05, 4.69) is 5.32 Å².